The van der Waals surface area contributed by atoms with Crippen LogP contribution < -0.4 is 11.1 Å². The van der Waals surface area contributed by atoms with Gasteiger partial charge in [-0.25, -0.2) is 9.50 Å². The van der Waals surface area contributed by atoms with Crippen LogP contribution in [0.15, 0.2) is 12.4 Å². The first-order valence-corrected chi connectivity index (χ1v) is 6.51. The highest BCUT2D eigenvalue weighted by Gasteiger charge is 2.28. The zero-order chi connectivity index (χ0) is 13.4. The van der Waals surface area contributed by atoms with E-state index < -0.39 is 0 Å². The van der Waals surface area contributed by atoms with Gasteiger partial charge < -0.3 is 15.8 Å². The Kier molecular flexibility index (Phi) is 3.12. The second kappa shape index (κ2) is 4.79. The van der Waals surface area contributed by atoms with Crippen molar-refractivity contribution in [3.8, 4) is 0 Å². The Morgan fingerprint density at radius 2 is 2.42 bits per heavy atom. The van der Waals surface area contributed by atoms with Crippen LogP contribution in [0, 0.1) is 6.92 Å². The molecule has 2 aromatic heterocycles. The predicted molar refractivity (Wildman–Crippen MR) is 73.2 cm³/mol. The summed E-state index contributed by atoms with van der Waals surface area (Å²) >= 11 is 0. The van der Waals surface area contributed by atoms with Crippen LogP contribution in [0.2, 0.25) is 0 Å². The van der Waals surface area contributed by atoms with Gasteiger partial charge in [0, 0.05) is 31.3 Å². The van der Waals surface area contributed by atoms with Crippen molar-refractivity contribution in [1.29, 1.82) is 0 Å². The van der Waals surface area contributed by atoms with Crippen LogP contribution in [-0.2, 0) is 4.74 Å². The molecule has 102 valence electrons. The summed E-state index contributed by atoms with van der Waals surface area (Å²) in [5, 5.41) is 7.83. The van der Waals surface area contributed by atoms with Crippen molar-refractivity contribution in [2.45, 2.75) is 25.3 Å². The lowest BCUT2D eigenvalue weighted by atomic mass is 10.0. The topological polar surface area (TPSA) is 77.5 Å². The third-order valence-electron chi connectivity index (χ3n) is 3.81. The molecule has 6 nitrogen and oxygen atoms in total. The lowest BCUT2D eigenvalue weighted by Crippen LogP contribution is -2.25. The summed E-state index contributed by atoms with van der Waals surface area (Å²) in [6.45, 7) is 3.74. The van der Waals surface area contributed by atoms with Crippen LogP contribution in [-0.4, -0.2) is 40.9 Å². The number of aryl methyl sites for hydroxylation is 1. The second-order valence-electron chi connectivity index (χ2n) is 5.15. The maximum atomic E-state index is 5.94. The summed E-state index contributed by atoms with van der Waals surface area (Å²) in [6, 6.07) is 2.59. The number of nitrogens with one attached hydrogen (secondary N) is 1. The van der Waals surface area contributed by atoms with Crippen molar-refractivity contribution in [2.75, 3.05) is 26.0 Å². The van der Waals surface area contributed by atoms with Gasteiger partial charge in [0.05, 0.1) is 6.61 Å². The van der Waals surface area contributed by atoms with Gasteiger partial charge in [-0.3, -0.25) is 0 Å². The number of aromatic nitrogens is 3. The smallest absolute Gasteiger partial charge is 0.151 e. The van der Waals surface area contributed by atoms with Crippen LogP contribution >= 0.6 is 0 Å². The monoisotopic (exact) mass is 261 g/mol. The highest BCUT2D eigenvalue weighted by Crippen LogP contribution is 2.30. The average molecular weight is 261 g/mol. The molecule has 3 N–H and O–H groups in total. The average Bonchev–Trinajstić information content (AvgIpc) is 2.96. The molecule has 1 unspecified atom stereocenters. The summed E-state index contributed by atoms with van der Waals surface area (Å²) in [6.07, 6.45) is 2.57. The van der Waals surface area contributed by atoms with Crippen molar-refractivity contribution in [2.24, 2.45) is 0 Å². The van der Waals surface area contributed by atoms with E-state index in [9.17, 15) is 0 Å². The van der Waals surface area contributed by atoms with Gasteiger partial charge in [0.25, 0.3) is 0 Å². The standard InChI is InChI=1S/C13H19N5O/c1-8-3-11(9-4-10(6-19-2)15-5-9)18-12(8)13(14)16-7-17-18/h3,7,9-10,15H,4-6H2,1-2H3,(H2,14,16,17)/t9?,10-/m1/s1. The Morgan fingerprint density at radius 1 is 1.58 bits per heavy atom. The normalized spacial score (nSPS) is 23.3. The summed E-state index contributed by atoms with van der Waals surface area (Å²) in [5.74, 6) is 0.980. The van der Waals surface area contributed by atoms with E-state index in [2.05, 4.69) is 21.5 Å². The minimum atomic E-state index is 0.417. The fourth-order valence-corrected chi connectivity index (χ4v) is 2.95. The molecule has 1 saturated heterocycles. The third-order valence-corrected chi connectivity index (χ3v) is 3.81. The Labute approximate surface area is 112 Å². The quantitative estimate of drug-likeness (QED) is 0.851. The van der Waals surface area contributed by atoms with Crippen LogP contribution in [0.1, 0.15) is 23.6 Å². The van der Waals surface area contributed by atoms with Crippen LogP contribution in [0.25, 0.3) is 5.52 Å². The van der Waals surface area contributed by atoms with E-state index in [1.807, 2.05) is 11.4 Å². The van der Waals surface area contributed by atoms with Gasteiger partial charge in [-0.1, -0.05) is 0 Å². The molecule has 3 rings (SSSR count). The van der Waals surface area contributed by atoms with E-state index in [0.717, 1.165) is 30.7 Å². The molecule has 1 aliphatic rings. The van der Waals surface area contributed by atoms with Gasteiger partial charge in [-0.2, -0.15) is 5.10 Å². The number of hydrogen-bond acceptors (Lipinski definition) is 5. The number of nitrogen functional groups attached to an aromatic ring is 1. The Balaban J connectivity index is 1.96. The number of rotatable bonds is 3. The lowest BCUT2D eigenvalue weighted by Gasteiger charge is -2.09. The fourth-order valence-electron chi connectivity index (χ4n) is 2.95. The molecule has 3 heterocycles. The molecule has 0 aliphatic carbocycles. The van der Waals surface area contributed by atoms with E-state index in [4.69, 9.17) is 10.5 Å². The van der Waals surface area contributed by atoms with Crippen LogP contribution in [0.5, 0.6) is 0 Å². The Morgan fingerprint density at radius 3 is 3.21 bits per heavy atom. The van der Waals surface area contributed by atoms with Crippen molar-refractivity contribution in [3.63, 3.8) is 0 Å². The predicted octanol–water partition coefficient (Wildman–Crippen LogP) is 0.712. The Bertz CT molecular complexity index is 594. The van der Waals surface area contributed by atoms with Crippen LogP contribution in [0.3, 0.4) is 0 Å². The van der Waals surface area contributed by atoms with E-state index in [1.165, 1.54) is 12.0 Å². The first-order chi connectivity index (χ1) is 9.20. The SMILES string of the molecule is COC[C@H]1CC(c2cc(C)c3c(N)ncnn23)CN1. The molecule has 19 heavy (non-hydrogen) atoms. The van der Waals surface area contributed by atoms with Gasteiger partial charge in [-0.15, -0.1) is 0 Å². The lowest BCUT2D eigenvalue weighted by molar-refractivity contribution is 0.173. The first kappa shape index (κ1) is 12.4. The van der Waals surface area contributed by atoms with E-state index in [-0.39, 0.29) is 0 Å². The molecule has 2 aromatic rings. The van der Waals surface area contributed by atoms with Crippen molar-refractivity contribution < 1.29 is 4.74 Å². The van der Waals surface area contributed by atoms with E-state index in [1.54, 1.807) is 7.11 Å². The van der Waals surface area contributed by atoms with Gasteiger partial charge in [-0.05, 0) is 25.0 Å². The van der Waals surface area contributed by atoms with Crippen molar-refractivity contribution in [1.82, 2.24) is 19.9 Å². The number of nitrogens with zero attached hydrogens (tertiary/aromatic N) is 3. The number of hydrogen-bond donors (Lipinski definition) is 2. The molecule has 0 bridgehead atoms. The summed E-state index contributed by atoms with van der Waals surface area (Å²) in [4.78, 5) is 4.06. The minimum Gasteiger partial charge on any atom is -0.383 e. The van der Waals surface area contributed by atoms with E-state index >= 15 is 0 Å². The number of methoxy groups -OCH3 is 1. The van der Waals surface area contributed by atoms with Crippen LogP contribution in [0.4, 0.5) is 5.82 Å². The molecule has 0 aromatic carbocycles. The Hall–Kier alpha value is -1.66. The van der Waals surface area contributed by atoms with Gasteiger partial charge in [0.15, 0.2) is 5.82 Å². The summed E-state index contributed by atoms with van der Waals surface area (Å²) < 4.78 is 7.14. The second-order valence-corrected chi connectivity index (χ2v) is 5.15. The van der Waals surface area contributed by atoms with Gasteiger partial charge in [0.1, 0.15) is 11.8 Å². The summed E-state index contributed by atoms with van der Waals surface area (Å²) in [5.41, 5.74) is 9.19. The van der Waals surface area contributed by atoms with Gasteiger partial charge >= 0.3 is 0 Å². The molecule has 1 fully saturated rings. The fraction of sp³-hybridized carbons (Fsp3) is 0.538. The summed E-state index contributed by atoms with van der Waals surface area (Å²) in [7, 11) is 1.74. The highest BCUT2D eigenvalue weighted by molar-refractivity contribution is 5.70. The third kappa shape index (κ3) is 2.06. The molecule has 2 atom stereocenters. The molecule has 1 aliphatic heterocycles. The molecule has 6 heteroatoms. The number of fused-ring (bicyclic) bond motifs is 1. The van der Waals surface area contributed by atoms with E-state index in [0.29, 0.717) is 17.8 Å². The van der Waals surface area contributed by atoms with Crippen molar-refractivity contribution >= 4 is 11.3 Å². The minimum absolute atomic E-state index is 0.417. The molecular formula is C13H19N5O. The van der Waals surface area contributed by atoms with Gasteiger partial charge in [0.2, 0.25) is 0 Å². The van der Waals surface area contributed by atoms with Crippen molar-refractivity contribution in [3.05, 3.63) is 23.7 Å². The zero-order valence-corrected chi connectivity index (χ0v) is 11.3. The molecule has 0 spiro atoms. The first-order valence-electron chi connectivity index (χ1n) is 6.51. The maximum Gasteiger partial charge on any atom is 0.151 e. The molecular weight excluding hydrogens is 242 g/mol. The number of nitrogens with two attached hydrogens (primary N) is 1. The maximum absolute atomic E-state index is 5.94. The molecule has 0 saturated carbocycles. The number of anilines is 1. The largest absolute Gasteiger partial charge is 0.383 e. The molecule has 0 radical (unpaired) electrons. The number of ether oxygens (including phenoxy) is 1. The highest BCUT2D eigenvalue weighted by atomic mass is 16.5. The zero-order valence-electron chi connectivity index (χ0n) is 11.3. The molecule has 0 amide bonds.